The molecular formula is C17H21NO3. The van der Waals surface area contributed by atoms with Crippen molar-refractivity contribution >= 4 is 0 Å². The summed E-state index contributed by atoms with van der Waals surface area (Å²) in [5, 5.41) is 0. The number of nitrogens with two attached hydrogens (primary N) is 1. The predicted octanol–water partition coefficient (Wildman–Crippen LogP) is 2.93. The van der Waals surface area contributed by atoms with Gasteiger partial charge in [0.25, 0.3) is 0 Å². The molecule has 0 amide bonds. The third-order valence-electron chi connectivity index (χ3n) is 3.66. The zero-order valence-electron chi connectivity index (χ0n) is 12.8. The van der Waals surface area contributed by atoms with Crippen LogP contribution < -0.4 is 19.9 Å². The van der Waals surface area contributed by atoms with Gasteiger partial charge in [-0.2, -0.15) is 0 Å². The van der Waals surface area contributed by atoms with Gasteiger partial charge in [-0.25, -0.2) is 0 Å². The Hall–Kier alpha value is -2.20. The Morgan fingerprint density at radius 2 is 1.38 bits per heavy atom. The van der Waals surface area contributed by atoms with Crippen molar-refractivity contribution in [2.75, 3.05) is 21.3 Å². The summed E-state index contributed by atoms with van der Waals surface area (Å²) in [6, 6.07) is 13.4. The molecule has 2 rings (SSSR count). The van der Waals surface area contributed by atoms with Crippen LogP contribution in [-0.4, -0.2) is 21.3 Å². The van der Waals surface area contributed by atoms with Crippen molar-refractivity contribution in [1.29, 1.82) is 0 Å². The van der Waals surface area contributed by atoms with Crippen LogP contribution >= 0.6 is 0 Å². The molecule has 0 saturated carbocycles. The van der Waals surface area contributed by atoms with Crippen LogP contribution in [0.1, 0.15) is 18.1 Å². The highest BCUT2D eigenvalue weighted by Crippen LogP contribution is 2.36. The maximum Gasteiger partial charge on any atom is 0.127 e. The molecule has 0 aliphatic rings. The molecule has 2 aromatic rings. The molecule has 0 bridgehead atoms. The molecule has 4 heteroatoms. The van der Waals surface area contributed by atoms with Crippen molar-refractivity contribution in [1.82, 2.24) is 0 Å². The van der Waals surface area contributed by atoms with Crippen molar-refractivity contribution in [3.05, 3.63) is 53.6 Å². The maximum absolute atomic E-state index is 6.56. The summed E-state index contributed by atoms with van der Waals surface area (Å²) in [4.78, 5) is 0. The molecule has 0 aliphatic carbocycles. The summed E-state index contributed by atoms with van der Waals surface area (Å²) < 4.78 is 15.9. The minimum Gasteiger partial charge on any atom is -0.497 e. The quantitative estimate of drug-likeness (QED) is 0.918. The molecule has 112 valence electrons. The van der Waals surface area contributed by atoms with Crippen molar-refractivity contribution in [3.63, 3.8) is 0 Å². The molecule has 0 aliphatic heterocycles. The predicted molar refractivity (Wildman–Crippen MR) is 83.2 cm³/mol. The number of hydrogen-bond donors (Lipinski definition) is 1. The van der Waals surface area contributed by atoms with E-state index in [1.165, 1.54) is 0 Å². The minimum atomic E-state index is -0.677. The molecule has 0 spiro atoms. The lowest BCUT2D eigenvalue weighted by Crippen LogP contribution is -2.34. The molecule has 2 N–H and O–H groups in total. The standard InChI is InChI=1S/C17H21NO3/c1-17(18,12-5-7-13(19-2)8-6-12)15-10-9-14(20-3)11-16(15)21-4/h5-11H,18H2,1-4H3. The van der Waals surface area contributed by atoms with Crippen molar-refractivity contribution in [2.45, 2.75) is 12.5 Å². The van der Waals surface area contributed by atoms with Gasteiger partial charge in [-0.1, -0.05) is 12.1 Å². The molecular weight excluding hydrogens is 266 g/mol. The van der Waals surface area contributed by atoms with E-state index in [1.807, 2.05) is 49.4 Å². The van der Waals surface area contributed by atoms with Gasteiger partial charge in [0, 0.05) is 11.6 Å². The summed E-state index contributed by atoms with van der Waals surface area (Å²) in [5.74, 6) is 2.24. The number of hydrogen-bond acceptors (Lipinski definition) is 4. The van der Waals surface area contributed by atoms with Gasteiger partial charge in [-0.05, 0) is 36.8 Å². The zero-order valence-corrected chi connectivity index (χ0v) is 12.8. The summed E-state index contributed by atoms with van der Waals surface area (Å²) in [7, 11) is 4.89. The van der Waals surface area contributed by atoms with Gasteiger partial charge in [-0.3, -0.25) is 0 Å². The lowest BCUT2D eigenvalue weighted by molar-refractivity contribution is 0.383. The van der Waals surface area contributed by atoms with E-state index in [-0.39, 0.29) is 0 Å². The second-order valence-corrected chi connectivity index (χ2v) is 5.00. The molecule has 4 nitrogen and oxygen atoms in total. The van der Waals surface area contributed by atoms with Crippen LogP contribution in [0, 0.1) is 0 Å². The smallest absolute Gasteiger partial charge is 0.127 e. The highest BCUT2D eigenvalue weighted by Gasteiger charge is 2.27. The van der Waals surface area contributed by atoms with E-state index in [0.717, 1.165) is 22.6 Å². The fraction of sp³-hybridized carbons (Fsp3) is 0.294. The Morgan fingerprint density at radius 3 is 1.90 bits per heavy atom. The zero-order chi connectivity index (χ0) is 15.5. The van der Waals surface area contributed by atoms with Crippen LogP contribution in [0.3, 0.4) is 0 Å². The molecule has 0 heterocycles. The SMILES string of the molecule is COc1ccc(C(C)(N)c2ccc(OC)cc2OC)cc1. The van der Waals surface area contributed by atoms with Gasteiger partial charge in [0.15, 0.2) is 0 Å². The van der Waals surface area contributed by atoms with E-state index >= 15 is 0 Å². The van der Waals surface area contributed by atoms with E-state index in [1.54, 1.807) is 21.3 Å². The van der Waals surface area contributed by atoms with Gasteiger partial charge in [0.05, 0.1) is 26.9 Å². The Balaban J connectivity index is 2.46. The first-order chi connectivity index (χ1) is 10.0. The lowest BCUT2D eigenvalue weighted by Gasteiger charge is -2.28. The Morgan fingerprint density at radius 1 is 0.810 bits per heavy atom. The molecule has 1 atom stereocenters. The van der Waals surface area contributed by atoms with E-state index in [9.17, 15) is 0 Å². The van der Waals surface area contributed by atoms with Crippen LogP contribution in [-0.2, 0) is 5.54 Å². The Labute approximate surface area is 125 Å². The van der Waals surface area contributed by atoms with Crippen LogP contribution in [0.25, 0.3) is 0 Å². The van der Waals surface area contributed by atoms with E-state index in [0.29, 0.717) is 5.75 Å². The maximum atomic E-state index is 6.56. The average Bonchev–Trinajstić information content (AvgIpc) is 2.54. The second-order valence-electron chi connectivity index (χ2n) is 5.00. The molecule has 0 radical (unpaired) electrons. The number of benzene rings is 2. The van der Waals surface area contributed by atoms with Crippen LogP contribution in [0.4, 0.5) is 0 Å². The Bertz CT molecular complexity index is 606. The number of rotatable bonds is 5. The summed E-state index contributed by atoms with van der Waals surface area (Å²) >= 11 is 0. The summed E-state index contributed by atoms with van der Waals surface area (Å²) in [5.41, 5.74) is 7.76. The molecule has 0 aromatic heterocycles. The highest BCUT2D eigenvalue weighted by molar-refractivity contribution is 5.49. The van der Waals surface area contributed by atoms with Crippen molar-refractivity contribution < 1.29 is 14.2 Å². The van der Waals surface area contributed by atoms with Gasteiger partial charge in [0.1, 0.15) is 17.2 Å². The first-order valence-corrected chi connectivity index (χ1v) is 6.69. The van der Waals surface area contributed by atoms with Gasteiger partial charge in [0.2, 0.25) is 0 Å². The Kier molecular flexibility index (Phi) is 4.38. The van der Waals surface area contributed by atoms with Crippen molar-refractivity contribution in [3.8, 4) is 17.2 Å². The largest absolute Gasteiger partial charge is 0.497 e. The third-order valence-corrected chi connectivity index (χ3v) is 3.66. The fourth-order valence-electron chi connectivity index (χ4n) is 2.32. The first kappa shape index (κ1) is 15.2. The van der Waals surface area contributed by atoms with Crippen molar-refractivity contribution in [2.24, 2.45) is 5.73 Å². The third kappa shape index (κ3) is 2.95. The van der Waals surface area contributed by atoms with Gasteiger partial charge in [-0.15, -0.1) is 0 Å². The van der Waals surface area contributed by atoms with Crippen LogP contribution in [0.2, 0.25) is 0 Å². The molecule has 21 heavy (non-hydrogen) atoms. The minimum absolute atomic E-state index is 0.677. The average molecular weight is 287 g/mol. The highest BCUT2D eigenvalue weighted by atomic mass is 16.5. The van der Waals surface area contributed by atoms with Crippen LogP contribution in [0.15, 0.2) is 42.5 Å². The van der Waals surface area contributed by atoms with E-state index in [2.05, 4.69) is 0 Å². The molecule has 0 fully saturated rings. The molecule has 0 saturated heterocycles. The first-order valence-electron chi connectivity index (χ1n) is 6.69. The van der Waals surface area contributed by atoms with Gasteiger partial charge >= 0.3 is 0 Å². The monoisotopic (exact) mass is 287 g/mol. The summed E-state index contributed by atoms with van der Waals surface area (Å²) in [6.45, 7) is 1.96. The molecule has 1 unspecified atom stereocenters. The van der Waals surface area contributed by atoms with Gasteiger partial charge < -0.3 is 19.9 Å². The number of methoxy groups -OCH3 is 3. The van der Waals surface area contributed by atoms with E-state index in [4.69, 9.17) is 19.9 Å². The molecule has 2 aromatic carbocycles. The van der Waals surface area contributed by atoms with Crippen LogP contribution in [0.5, 0.6) is 17.2 Å². The van der Waals surface area contributed by atoms with E-state index < -0.39 is 5.54 Å². The second kappa shape index (κ2) is 6.06. The fourth-order valence-corrected chi connectivity index (χ4v) is 2.32. The topological polar surface area (TPSA) is 53.7 Å². The summed E-state index contributed by atoms with van der Waals surface area (Å²) in [6.07, 6.45) is 0. The lowest BCUT2D eigenvalue weighted by atomic mass is 9.85. The number of ether oxygens (including phenoxy) is 3. The normalized spacial score (nSPS) is 13.4.